The number of benzene rings is 2. The summed E-state index contributed by atoms with van der Waals surface area (Å²) in [5.41, 5.74) is 5.05. The number of carbonyl (C=O) groups excluding carboxylic acids is 1. The van der Waals surface area contributed by atoms with Crippen LogP contribution in [-0.2, 0) is 11.3 Å². The maximum absolute atomic E-state index is 12.0. The summed E-state index contributed by atoms with van der Waals surface area (Å²) in [7, 11) is 0. The van der Waals surface area contributed by atoms with E-state index in [1.165, 1.54) is 55.3 Å². The van der Waals surface area contributed by atoms with E-state index in [0.29, 0.717) is 5.92 Å². The Kier molecular flexibility index (Phi) is 10.5. The van der Waals surface area contributed by atoms with Gasteiger partial charge in [0.2, 0.25) is 5.91 Å². The van der Waals surface area contributed by atoms with E-state index in [2.05, 4.69) is 71.4 Å². The van der Waals surface area contributed by atoms with Crippen molar-refractivity contribution in [3.05, 3.63) is 59.7 Å². The maximum Gasteiger partial charge on any atom is 0.226 e. The van der Waals surface area contributed by atoms with Crippen molar-refractivity contribution in [3.8, 4) is 0 Å². The molecule has 0 unspecified atom stereocenters. The van der Waals surface area contributed by atoms with Gasteiger partial charge in [-0.3, -0.25) is 9.69 Å². The summed E-state index contributed by atoms with van der Waals surface area (Å²) in [6.45, 7) is 14.0. The Morgan fingerprint density at radius 3 is 2.24 bits per heavy atom. The Bertz CT molecular complexity index is 861. The van der Waals surface area contributed by atoms with Crippen LogP contribution in [0.2, 0.25) is 0 Å². The molecular weight excluding hydrogens is 418 g/mol. The molecule has 0 radical (unpaired) electrons. The van der Waals surface area contributed by atoms with Crippen molar-refractivity contribution in [1.82, 2.24) is 4.90 Å². The van der Waals surface area contributed by atoms with Crippen LogP contribution in [-0.4, -0.2) is 37.0 Å². The lowest BCUT2D eigenvalue weighted by Crippen LogP contribution is -2.32. The number of carbonyl (C=O) groups is 1. The summed E-state index contributed by atoms with van der Waals surface area (Å²) in [5.74, 6) is 0.647. The van der Waals surface area contributed by atoms with E-state index < -0.39 is 0 Å². The molecule has 1 N–H and O–H groups in total. The Morgan fingerprint density at radius 2 is 1.65 bits per heavy atom. The van der Waals surface area contributed by atoms with Crippen molar-refractivity contribution in [1.29, 1.82) is 0 Å². The first kappa shape index (κ1) is 26.3. The van der Waals surface area contributed by atoms with Gasteiger partial charge in [0.05, 0.1) is 0 Å². The topological polar surface area (TPSA) is 35.6 Å². The van der Waals surface area contributed by atoms with Gasteiger partial charge < -0.3 is 10.2 Å². The second-order valence-corrected chi connectivity index (χ2v) is 10.2. The van der Waals surface area contributed by atoms with Gasteiger partial charge in [0, 0.05) is 36.9 Å². The zero-order valence-corrected chi connectivity index (χ0v) is 21.9. The molecule has 0 bridgehead atoms. The number of hydrogen-bond donors (Lipinski definition) is 1. The standard InChI is InChI=1S/C30H45N3O/c1-5-7-18-33(19-8-6-2)29-14-12-25(13-15-29)23-32-20-16-26(17-21-32)27-10-9-11-28(22-27)31-30(34)24(3)4/h9-15,22,24,26H,5-8,16-21,23H2,1-4H3,(H,31,34). The van der Waals surface area contributed by atoms with Crippen molar-refractivity contribution in [2.45, 2.75) is 78.7 Å². The van der Waals surface area contributed by atoms with Gasteiger partial charge in [-0.15, -0.1) is 0 Å². The number of likely N-dealkylation sites (tertiary alicyclic amines) is 1. The average Bonchev–Trinajstić information content (AvgIpc) is 2.85. The van der Waals surface area contributed by atoms with Crippen LogP contribution in [0.15, 0.2) is 48.5 Å². The smallest absolute Gasteiger partial charge is 0.226 e. The minimum Gasteiger partial charge on any atom is -0.372 e. The van der Waals surface area contributed by atoms with E-state index in [1.54, 1.807) is 0 Å². The highest BCUT2D eigenvalue weighted by atomic mass is 16.1. The lowest BCUT2D eigenvalue weighted by Gasteiger charge is -2.32. The fourth-order valence-electron chi connectivity index (χ4n) is 4.72. The number of nitrogens with one attached hydrogen (secondary N) is 1. The SMILES string of the molecule is CCCCN(CCCC)c1ccc(CN2CCC(c3cccc(NC(=O)C(C)C)c3)CC2)cc1. The Balaban J connectivity index is 1.51. The third kappa shape index (κ3) is 7.87. The largest absolute Gasteiger partial charge is 0.372 e. The predicted molar refractivity (Wildman–Crippen MR) is 146 cm³/mol. The number of rotatable bonds is 12. The molecule has 0 aromatic heterocycles. The van der Waals surface area contributed by atoms with Gasteiger partial charge in [-0.05, 0) is 80.1 Å². The van der Waals surface area contributed by atoms with Gasteiger partial charge in [-0.1, -0.05) is 64.8 Å². The molecule has 34 heavy (non-hydrogen) atoms. The Morgan fingerprint density at radius 1 is 1.00 bits per heavy atom. The van der Waals surface area contributed by atoms with Crippen molar-refractivity contribution < 1.29 is 4.79 Å². The third-order valence-corrected chi connectivity index (χ3v) is 7.01. The third-order valence-electron chi connectivity index (χ3n) is 7.01. The minimum atomic E-state index is -0.00304. The highest BCUT2D eigenvalue weighted by Crippen LogP contribution is 2.30. The number of amides is 1. The molecule has 186 valence electrons. The van der Waals surface area contributed by atoms with E-state index in [-0.39, 0.29) is 11.8 Å². The van der Waals surface area contributed by atoms with E-state index in [4.69, 9.17) is 0 Å². The molecule has 1 aliphatic rings. The van der Waals surface area contributed by atoms with Crippen molar-refractivity contribution in [2.24, 2.45) is 5.92 Å². The monoisotopic (exact) mass is 463 g/mol. The summed E-state index contributed by atoms with van der Waals surface area (Å²) in [6.07, 6.45) is 7.34. The molecule has 1 saturated heterocycles. The summed E-state index contributed by atoms with van der Waals surface area (Å²) in [4.78, 5) is 17.2. The second kappa shape index (κ2) is 13.5. The normalized spacial score (nSPS) is 15.0. The molecule has 4 nitrogen and oxygen atoms in total. The molecule has 0 aliphatic carbocycles. The zero-order chi connectivity index (χ0) is 24.3. The minimum absolute atomic E-state index is 0.00304. The highest BCUT2D eigenvalue weighted by Gasteiger charge is 2.21. The number of nitrogens with zero attached hydrogens (tertiary/aromatic N) is 2. The van der Waals surface area contributed by atoms with Crippen LogP contribution in [0, 0.1) is 5.92 Å². The van der Waals surface area contributed by atoms with Gasteiger partial charge in [0.25, 0.3) is 0 Å². The van der Waals surface area contributed by atoms with Crippen LogP contribution in [0.4, 0.5) is 11.4 Å². The number of hydrogen-bond acceptors (Lipinski definition) is 3. The van der Waals surface area contributed by atoms with Crippen LogP contribution in [0.25, 0.3) is 0 Å². The molecule has 0 spiro atoms. The first-order valence-corrected chi connectivity index (χ1v) is 13.5. The number of piperidine rings is 1. The molecular formula is C30H45N3O. The molecule has 1 fully saturated rings. The van der Waals surface area contributed by atoms with Crippen LogP contribution in [0.5, 0.6) is 0 Å². The van der Waals surface area contributed by atoms with Crippen LogP contribution in [0.1, 0.15) is 83.3 Å². The highest BCUT2D eigenvalue weighted by molar-refractivity contribution is 5.92. The molecule has 1 heterocycles. The van der Waals surface area contributed by atoms with Crippen LogP contribution in [0.3, 0.4) is 0 Å². The van der Waals surface area contributed by atoms with Crippen molar-refractivity contribution >= 4 is 17.3 Å². The van der Waals surface area contributed by atoms with E-state index in [1.807, 2.05) is 19.9 Å². The van der Waals surface area contributed by atoms with Crippen molar-refractivity contribution in [3.63, 3.8) is 0 Å². The Hall–Kier alpha value is -2.33. The zero-order valence-electron chi connectivity index (χ0n) is 21.9. The Labute approximate surface area is 207 Å². The van der Waals surface area contributed by atoms with E-state index >= 15 is 0 Å². The lowest BCUT2D eigenvalue weighted by molar-refractivity contribution is -0.118. The van der Waals surface area contributed by atoms with E-state index in [9.17, 15) is 4.79 Å². The molecule has 3 rings (SSSR count). The summed E-state index contributed by atoms with van der Waals surface area (Å²) < 4.78 is 0. The second-order valence-electron chi connectivity index (χ2n) is 10.2. The van der Waals surface area contributed by atoms with Crippen LogP contribution >= 0.6 is 0 Å². The maximum atomic E-state index is 12.0. The summed E-state index contributed by atoms with van der Waals surface area (Å²) >= 11 is 0. The molecule has 2 aromatic rings. The van der Waals surface area contributed by atoms with Gasteiger partial charge in [0.1, 0.15) is 0 Å². The van der Waals surface area contributed by atoms with Crippen LogP contribution < -0.4 is 10.2 Å². The van der Waals surface area contributed by atoms with Gasteiger partial charge >= 0.3 is 0 Å². The van der Waals surface area contributed by atoms with E-state index in [0.717, 1.165) is 38.4 Å². The number of anilines is 2. The predicted octanol–water partition coefficient (Wildman–Crippen LogP) is 7.07. The molecule has 0 saturated carbocycles. The molecule has 0 atom stereocenters. The van der Waals surface area contributed by atoms with Gasteiger partial charge in [-0.25, -0.2) is 0 Å². The quantitative estimate of drug-likeness (QED) is 0.366. The van der Waals surface area contributed by atoms with Gasteiger partial charge in [0.15, 0.2) is 0 Å². The van der Waals surface area contributed by atoms with Crippen molar-refractivity contribution in [2.75, 3.05) is 36.4 Å². The number of unbranched alkanes of at least 4 members (excludes halogenated alkanes) is 2. The average molecular weight is 464 g/mol. The fraction of sp³-hybridized carbons (Fsp3) is 0.567. The first-order valence-electron chi connectivity index (χ1n) is 13.5. The molecule has 4 heteroatoms. The summed E-state index contributed by atoms with van der Waals surface area (Å²) in [6, 6.07) is 17.8. The molecule has 1 amide bonds. The first-order chi connectivity index (χ1) is 16.5. The fourth-order valence-corrected chi connectivity index (χ4v) is 4.72. The lowest BCUT2D eigenvalue weighted by atomic mass is 9.89. The van der Waals surface area contributed by atoms with Gasteiger partial charge in [-0.2, -0.15) is 0 Å². The summed E-state index contributed by atoms with van der Waals surface area (Å²) in [5, 5.41) is 3.04. The molecule has 1 aliphatic heterocycles. The molecule has 2 aromatic carbocycles.